The predicted molar refractivity (Wildman–Crippen MR) is 240 cm³/mol. The lowest BCUT2D eigenvalue weighted by atomic mass is 9.83. The van der Waals surface area contributed by atoms with Crippen molar-refractivity contribution in [3.63, 3.8) is 0 Å². The highest BCUT2D eigenvalue weighted by Gasteiger charge is 2.21. The van der Waals surface area contributed by atoms with Gasteiger partial charge in [0.1, 0.15) is 5.65 Å². The van der Waals surface area contributed by atoms with Crippen LogP contribution in [0.25, 0.3) is 120 Å². The molecule has 2 aromatic heterocycles. The van der Waals surface area contributed by atoms with E-state index in [2.05, 4.69) is 179 Å². The lowest BCUT2D eigenvalue weighted by molar-refractivity contribution is 1.32. The van der Waals surface area contributed by atoms with E-state index in [1.54, 1.807) is 0 Å². The Morgan fingerprint density at radius 2 is 0.912 bits per heavy atom. The number of hydrogen-bond acceptors (Lipinski definition) is 1. The van der Waals surface area contributed by atoms with Crippen molar-refractivity contribution in [2.24, 2.45) is 0 Å². The second-order valence-electron chi connectivity index (χ2n) is 14.9. The zero-order valence-electron chi connectivity index (χ0n) is 30.7. The van der Waals surface area contributed by atoms with Crippen LogP contribution in [0, 0.1) is 6.57 Å². The van der Waals surface area contributed by atoms with Gasteiger partial charge >= 0.3 is 0 Å². The average molecular weight is 722 g/mol. The highest BCUT2D eigenvalue weighted by molar-refractivity contribution is 6.26. The molecule has 262 valence electrons. The predicted octanol–water partition coefficient (Wildman–Crippen LogP) is 15.0. The maximum atomic E-state index is 7.81. The Labute approximate surface area is 328 Å². The number of fused-ring (bicyclic) bond motifs is 12. The van der Waals surface area contributed by atoms with Gasteiger partial charge in [-0.1, -0.05) is 152 Å². The molecule has 0 amide bonds. The minimum Gasteiger partial charge on any atom is -0.293 e. The standard InChI is InChI=1S/C54H31N3/c1-55-37-26-29-40-47-30-35(25-28-46(47)54-56-49-22-8-9-23-50(49)57(54)51(40)32-37)36-24-27-45-48(31-36)53(42-21-11-15-34-13-3-5-17-39(34)42)44-19-7-6-18-43(44)52(45)41-20-10-14-33-12-2-4-16-38(33)41/h2-32H. The fourth-order valence-electron chi connectivity index (χ4n) is 9.42. The molecule has 3 heteroatoms. The SMILES string of the molecule is [C-]#[N+]c1ccc2c3cc(-c4ccc5c(-c6cccc7ccccc67)c6ccccc6c(-c6cccc7ccccc67)c5c4)ccc3c3nc4ccccc4n3c2c1. The summed E-state index contributed by atoms with van der Waals surface area (Å²) in [6, 6.07) is 67.9. The van der Waals surface area contributed by atoms with Crippen molar-refractivity contribution in [1.82, 2.24) is 9.38 Å². The second kappa shape index (κ2) is 12.1. The molecule has 0 aliphatic carbocycles. The van der Waals surface area contributed by atoms with E-state index in [0.717, 1.165) is 49.5 Å². The molecule has 0 spiro atoms. The molecule has 0 aliphatic heterocycles. The minimum atomic E-state index is 0.613. The highest BCUT2D eigenvalue weighted by atomic mass is 15.0. The van der Waals surface area contributed by atoms with Crippen molar-refractivity contribution < 1.29 is 0 Å². The smallest absolute Gasteiger partial charge is 0.189 e. The molecule has 12 rings (SSSR count). The zero-order chi connectivity index (χ0) is 37.6. The van der Waals surface area contributed by atoms with E-state index in [1.165, 1.54) is 65.3 Å². The third-order valence-electron chi connectivity index (χ3n) is 11.9. The molecule has 12 aromatic rings. The Bertz CT molecular complexity index is 3700. The molecule has 10 aromatic carbocycles. The van der Waals surface area contributed by atoms with E-state index in [4.69, 9.17) is 11.6 Å². The lowest BCUT2D eigenvalue weighted by Crippen LogP contribution is -1.94. The van der Waals surface area contributed by atoms with Gasteiger partial charge in [0.2, 0.25) is 0 Å². The maximum Gasteiger partial charge on any atom is 0.189 e. The summed E-state index contributed by atoms with van der Waals surface area (Å²) in [6.45, 7) is 7.81. The van der Waals surface area contributed by atoms with Gasteiger partial charge in [-0.2, -0.15) is 0 Å². The fraction of sp³-hybridized carbons (Fsp3) is 0. The van der Waals surface area contributed by atoms with Crippen LogP contribution in [0.15, 0.2) is 188 Å². The number of rotatable bonds is 3. The molecular weight excluding hydrogens is 691 g/mol. The van der Waals surface area contributed by atoms with Crippen LogP contribution in [-0.4, -0.2) is 9.38 Å². The van der Waals surface area contributed by atoms with Gasteiger partial charge in [-0.15, -0.1) is 0 Å². The molecule has 2 heterocycles. The van der Waals surface area contributed by atoms with E-state index in [-0.39, 0.29) is 0 Å². The first kappa shape index (κ1) is 31.5. The molecule has 0 radical (unpaired) electrons. The summed E-state index contributed by atoms with van der Waals surface area (Å²) in [4.78, 5) is 8.94. The molecule has 0 N–H and O–H groups in total. The summed E-state index contributed by atoms with van der Waals surface area (Å²) in [5.74, 6) is 0. The maximum absolute atomic E-state index is 7.81. The van der Waals surface area contributed by atoms with Gasteiger partial charge in [-0.3, -0.25) is 4.40 Å². The number of pyridine rings is 1. The van der Waals surface area contributed by atoms with Crippen LogP contribution < -0.4 is 0 Å². The molecule has 0 unspecified atom stereocenters. The summed E-state index contributed by atoms with van der Waals surface area (Å²) >= 11 is 0. The Hall–Kier alpha value is -7.80. The van der Waals surface area contributed by atoms with Crippen LogP contribution in [0.4, 0.5) is 5.69 Å². The van der Waals surface area contributed by atoms with E-state index in [9.17, 15) is 0 Å². The van der Waals surface area contributed by atoms with Gasteiger partial charge in [-0.05, 0) is 118 Å². The van der Waals surface area contributed by atoms with E-state index in [1.807, 2.05) is 18.2 Å². The van der Waals surface area contributed by atoms with Crippen molar-refractivity contribution in [2.45, 2.75) is 0 Å². The highest BCUT2D eigenvalue weighted by Crippen LogP contribution is 2.48. The first-order chi connectivity index (χ1) is 28.2. The van der Waals surface area contributed by atoms with Gasteiger partial charge < -0.3 is 0 Å². The van der Waals surface area contributed by atoms with Crippen molar-refractivity contribution in [2.75, 3.05) is 0 Å². The fourth-order valence-corrected chi connectivity index (χ4v) is 9.42. The molecule has 0 aliphatic rings. The van der Waals surface area contributed by atoms with Crippen LogP contribution in [0.1, 0.15) is 0 Å². The Morgan fingerprint density at radius 1 is 0.386 bits per heavy atom. The number of hydrogen-bond donors (Lipinski definition) is 0. The molecule has 57 heavy (non-hydrogen) atoms. The Kier molecular flexibility index (Phi) is 6.70. The quantitative estimate of drug-likeness (QED) is 0.101. The van der Waals surface area contributed by atoms with Crippen LogP contribution in [-0.2, 0) is 0 Å². The number of para-hydroxylation sites is 2. The first-order valence-electron chi connectivity index (χ1n) is 19.3. The van der Waals surface area contributed by atoms with Gasteiger partial charge in [0.15, 0.2) is 5.69 Å². The average Bonchev–Trinajstić information content (AvgIpc) is 3.68. The molecule has 0 saturated heterocycles. The number of benzene rings is 10. The van der Waals surface area contributed by atoms with Gasteiger partial charge in [-0.25, -0.2) is 9.83 Å². The van der Waals surface area contributed by atoms with Crippen molar-refractivity contribution in [3.05, 3.63) is 199 Å². The topological polar surface area (TPSA) is 21.7 Å². The van der Waals surface area contributed by atoms with Crippen LogP contribution in [0.2, 0.25) is 0 Å². The Morgan fingerprint density at radius 3 is 1.60 bits per heavy atom. The van der Waals surface area contributed by atoms with Gasteiger partial charge in [0.25, 0.3) is 0 Å². The van der Waals surface area contributed by atoms with Gasteiger partial charge in [0.05, 0.1) is 17.6 Å². The largest absolute Gasteiger partial charge is 0.293 e. The molecule has 3 nitrogen and oxygen atoms in total. The number of aromatic nitrogens is 2. The van der Waals surface area contributed by atoms with E-state index in [0.29, 0.717) is 5.69 Å². The minimum absolute atomic E-state index is 0.613. The molecule has 0 fully saturated rings. The monoisotopic (exact) mass is 721 g/mol. The summed E-state index contributed by atoms with van der Waals surface area (Å²) in [5.41, 5.74) is 11.7. The van der Waals surface area contributed by atoms with Crippen molar-refractivity contribution in [1.29, 1.82) is 0 Å². The van der Waals surface area contributed by atoms with Crippen molar-refractivity contribution in [3.8, 4) is 33.4 Å². The van der Waals surface area contributed by atoms with Crippen LogP contribution in [0.5, 0.6) is 0 Å². The summed E-state index contributed by atoms with van der Waals surface area (Å²) in [7, 11) is 0. The first-order valence-corrected chi connectivity index (χ1v) is 19.3. The summed E-state index contributed by atoms with van der Waals surface area (Å²) < 4.78 is 2.22. The van der Waals surface area contributed by atoms with E-state index >= 15 is 0 Å². The van der Waals surface area contributed by atoms with Crippen LogP contribution >= 0.6 is 0 Å². The zero-order valence-corrected chi connectivity index (χ0v) is 30.7. The summed E-state index contributed by atoms with van der Waals surface area (Å²) in [5, 5.41) is 13.1. The molecule has 0 saturated carbocycles. The normalized spacial score (nSPS) is 11.8. The van der Waals surface area contributed by atoms with Crippen LogP contribution in [0.3, 0.4) is 0 Å². The molecule has 0 bridgehead atoms. The van der Waals surface area contributed by atoms with Gasteiger partial charge in [0, 0.05) is 16.3 Å². The molecule has 0 atom stereocenters. The lowest BCUT2D eigenvalue weighted by Gasteiger charge is -2.20. The summed E-state index contributed by atoms with van der Waals surface area (Å²) in [6.07, 6.45) is 0. The second-order valence-corrected chi connectivity index (χ2v) is 14.9. The van der Waals surface area contributed by atoms with E-state index < -0.39 is 0 Å². The Balaban J connectivity index is 1.19. The third-order valence-corrected chi connectivity index (χ3v) is 11.9. The van der Waals surface area contributed by atoms with Crippen molar-refractivity contribution >= 4 is 87.1 Å². The molecular formula is C54H31N3. The number of nitrogens with zero attached hydrogens (tertiary/aromatic N) is 3. The number of imidazole rings is 1. The third kappa shape index (κ3) is 4.62.